The van der Waals surface area contributed by atoms with Crippen molar-refractivity contribution in [3.05, 3.63) is 22.8 Å². The molecule has 4 nitrogen and oxygen atoms in total. The van der Waals surface area contributed by atoms with Crippen LogP contribution in [0.25, 0.3) is 0 Å². The summed E-state index contributed by atoms with van der Waals surface area (Å²) >= 11 is 5.59. The zero-order chi connectivity index (χ0) is 13.1. The molecular weight excluding hydrogens is 261 g/mol. The van der Waals surface area contributed by atoms with E-state index in [1.807, 2.05) is 0 Å². The lowest BCUT2D eigenvalue weighted by molar-refractivity contribution is -0.137. The van der Waals surface area contributed by atoms with Crippen molar-refractivity contribution in [3.63, 3.8) is 0 Å². The fourth-order valence-corrected chi connectivity index (χ4v) is 1.24. The Balaban J connectivity index is 2.77. The molecule has 3 N–H and O–H groups in total. The number of pyridine rings is 1. The van der Waals surface area contributed by atoms with Gasteiger partial charge >= 0.3 is 6.18 Å². The number of anilines is 1. The van der Waals surface area contributed by atoms with Crippen LogP contribution >= 0.6 is 11.6 Å². The standard InChI is InChI=1S/C9H10ClF3N2O2/c10-7-1-5(9(11,12)13)2-14-8(7)15-3-6(17)4-16/h1-2,6,16-17H,3-4H2,(H,14,15)/t6-/m1/s1. The van der Waals surface area contributed by atoms with Gasteiger partial charge in [-0.15, -0.1) is 0 Å². The molecule has 0 saturated carbocycles. The Hall–Kier alpha value is -1.05. The molecule has 0 aliphatic heterocycles. The summed E-state index contributed by atoms with van der Waals surface area (Å²) in [7, 11) is 0. The van der Waals surface area contributed by atoms with E-state index in [2.05, 4.69) is 10.3 Å². The maximum Gasteiger partial charge on any atom is 0.417 e. The molecule has 0 fully saturated rings. The van der Waals surface area contributed by atoms with Crippen molar-refractivity contribution in [2.75, 3.05) is 18.5 Å². The van der Waals surface area contributed by atoms with E-state index >= 15 is 0 Å². The lowest BCUT2D eigenvalue weighted by atomic mass is 10.2. The predicted molar refractivity (Wildman–Crippen MR) is 55.8 cm³/mol. The summed E-state index contributed by atoms with van der Waals surface area (Å²) in [5.41, 5.74) is -0.948. The summed E-state index contributed by atoms with van der Waals surface area (Å²) in [6.07, 6.45) is -4.89. The molecule has 0 aliphatic rings. The van der Waals surface area contributed by atoms with E-state index in [9.17, 15) is 13.2 Å². The molecule has 0 bridgehead atoms. The van der Waals surface area contributed by atoms with Gasteiger partial charge in [-0.2, -0.15) is 13.2 Å². The lowest BCUT2D eigenvalue weighted by Gasteiger charge is -2.12. The third-order valence-electron chi connectivity index (χ3n) is 1.88. The minimum atomic E-state index is -4.50. The molecule has 0 spiro atoms. The first-order valence-electron chi connectivity index (χ1n) is 4.60. The number of nitrogens with one attached hydrogen (secondary N) is 1. The molecule has 17 heavy (non-hydrogen) atoms. The molecule has 1 heterocycles. The second kappa shape index (κ2) is 5.52. The van der Waals surface area contributed by atoms with Gasteiger partial charge in [-0.05, 0) is 6.07 Å². The molecule has 0 aromatic carbocycles. The number of hydrogen-bond donors (Lipinski definition) is 3. The third kappa shape index (κ3) is 4.03. The topological polar surface area (TPSA) is 65.4 Å². The fraction of sp³-hybridized carbons (Fsp3) is 0.444. The van der Waals surface area contributed by atoms with Crippen molar-refractivity contribution < 1.29 is 23.4 Å². The van der Waals surface area contributed by atoms with Crippen LogP contribution in [0.15, 0.2) is 12.3 Å². The molecule has 8 heteroatoms. The zero-order valence-corrected chi connectivity index (χ0v) is 9.26. The first kappa shape index (κ1) is 14.0. The second-order valence-corrected chi connectivity index (χ2v) is 3.68. The highest BCUT2D eigenvalue weighted by molar-refractivity contribution is 6.32. The minimum Gasteiger partial charge on any atom is -0.394 e. The molecule has 0 radical (unpaired) electrons. The van der Waals surface area contributed by atoms with E-state index < -0.39 is 24.5 Å². The number of alkyl halides is 3. The van der Waals surface area contributed by atoms with Crippen molar-refractivity contribution in [2.24, 2.45) is 0 Å². The molecule has 0 aliphatic carbocycles. The van der Waals surface area contributed by atoms with E-state index in [0.29, 0.717) is 6.20 Å². The number of aliphatic hydroxyl groups is 2. The number of aliphatic hydroxyl groups excluding tert-OH is 2. The first-order chi connectivity index (χ1) is 7.84. The molecular formula is C9H10ClF3N2O2. The number of hydrogen-bond acceptors (Lipinski definition) is 4. The molecule has 1 aromatic rings. The second-order valence-electron chi connectivity index (χ2n) is 3.27. The molecule has 0 saturated heterocycles. The Morgan fingerprint density at radius 1 is 1.47 bits per heavy atom. The van der Waals surface area contributed by atoms with Gasteiger partial charge in [-0.3, -0.25) is 0 Å². The zero-order valence-electron chi connectivity index (χ0n) is 8.50. The molecule has 0 amide bonds. The van der Waals surface area contributed by atoms with Crippen molar-refractivity contribution in [2.45, 2.75) is 12.3 Å². The minimum absolute atomic E-state index is 0.0205. The van der Waals surface area contributed by atoms with Gasteiger partial charge < -0.3 is 15.5 Å². The molecule has 1 rings (SSSR count). The summed E-state index contributed by atoms with van der Waals surface area (Å²) in [5, 5.41) is 19.9. The number of rotatable bonds is 4. The van der Waals surface area contributed by atoms with Crippen molar-refractivity contribution in [1.29, 1.82) is 0 Å². The highest BCUT2D eigenvalue weighted by atomic mass is 35.5. The number of aromatic nitrogens is 1. The average molecular weight is 271 g/mol. The van der Waals surface area contributed by atoms with E-state index in [0.717, 1.165) is 6.07 Å². The van der Waals surface area contributed by atoms with Gasteiger partial charge in [-0.1, -0.05) is 11.6 Å². The summed E-state index contributed by atoms with van der Waals surface area (Å²) in [6.45, 7) is -0.528. The van der Waals surface area contributed by atoms with Crippen LogP contribution in [-0.4, -0.2) is 34.5 Å². The van der Waals surface area contributed by atoms with Crippen molar-refractivity contribution in [3.8, 4) is 0 Å². The van der Waals surface area contributed by atoms with Gasteiger partial charge in [0.2, 0.25) is 0 Å². The predicted octanol–water partition coefficient (Wildman–Crippen LogP) is 1.52. The van der Waals surface area contributed by atoms with Crippen LogP contribution < -0.4 is 5.32 Å². The van der Waals surface area contributed by atoms with Gasteiger partial charge in [0.15, 0.2) is 0 Å². The normalized spacial score (nSPS) is 13.5. The van der Waals surface area contributed by atoms with Crippen LogP contribution in [0.2, 0.25) is 5.02 Å². The smallest absolute Gasteiger partial charge is 0.394 e. The molecule has 0 unspecified atom stereocenters. The monoisotopic (exact) mass is 270 g/mol. The summed E-state index contributed by atoms with van der Waals surface area (Å²) < 4.78 is 36.8. The van der Waals surface area contributed by atoms with Crippen LogP contribution in [0, 0.1) is 0 Å². The van der Waals surface area contributed by atoms with Crippen LogP contribution in [0.1, 0.15) is 5.56 Å². The SMILES string of the molecule is OC[C@H](O)CNc1ncc(C(F)(F)F)cc1Cl. The average Bonchev–Trinajstić information content (AvgIpc) is 2.25. The Morgan fingerprint density at radius 3 is 2.59 bits per heavy atom. The van der Waals surface area contributed by atoms with Crippen molar-refractivity contribution in [1.82, 2.24) is 4.98 Å². The number of halogens is 4. The van der Waals surface area contributed by atoms with Crippen LogP contribution in [0.3, 0.4) is 0 Å². The van der Waals surface area contributed by atoms with Crippen LogP contribution in [0.4, 0.5) is 19.0 Å². The Labute approximate surface area is 100 Å². The number of nitrogens with zero attached hydrogens (tertiary/aromatic N) is 1. The highest BCUT2D eigenvalue weighted by Gasteiger charge is 2.31. The highest BCUT2D eigenvalue weighted by Crippen LogP contribution is 2.32. The third-order valence-corrected chi connectivity index (χ3v) is 2.17. The van der Waals surface area contributed by atoms with E-state index in [4.69, 9.17) is 21.8 Å². The van der Waals surface area contributed by atoms with Gasteiger partial charge in [-0.25, -0.2) is 4.98 Å². The molecule has 1 atom stereocenters. The maximum absolute atomic E-state index is 12.3. The van der Waals surface area contributed by atoms with Gasteiger partial charge in [0.05, 0.1) is 23.3 Å². The first-order valence-corrected chi connectivity index (χ1v) is 4.98. The fourth-order valence-electron chi connectivity index (χ4n) is 1.00. The van der Waals surface area contributed by atoms with E-state index in [1.165, 1.54) is 0 Å². The Morgan fingerprint density at radius 2 is 2.12 bits per heavy atom. The Kier molecular flexibility index (Phi) is 4.55. The lowest BCUT2D eigenvalue weighted by Crippen LogP contribution is -2.23. The van der Waals surface area contributed by atoms with Crippen LogP contribution in [-0.2, 0) is 6.18 Å². The van der Waals surface area contributed by atoms with E-state index in [-0.39, 0.29) is 17.4 Å². The van der Waals surface area contributed by atoms with Crippen molar-refractivity contribution >= 4 is 17.4 Å². The van der Waals surface area contributed by atoms with Gasteiger partial charge in [0, 0.05) is 12.7 Å². The summed E-state index contributed by atoms with van der Waals surface area (Å²) in [6, 6.07) is 0.738. The molecule has 1 aromatic heterocycles. The largest absolute Gasteiger partial charge is 0.417 e. The summed E-state index contributed by atoms with van der Waals surface area (Å²) in [5.74, 6) is 0.0205. The Bertz CT molecular complexity index is 387. The van der Waals surface area contributed by atoms with Gasteiger partial charge in [0.1, 0.15) is 5.82 Å². The van der Waals surface area contributed by atoms with Gasteiger partial charge in [0.25, 0.3) is 0 Å². The van der Waals surface area contributed by atoms with E-state index in [1.54, 1.807) is 0 Å². The summed E-state index contributed by atoms with van der Waals surface area (Å²) in [4.78, 5) is 3.50. The maximum atomic E-state index is 12.3. The molecule has 96 valence electrons. The van der Waals surface area contributed by atoms with Crippen LogP contribution in [0.5, 0.6) is 0 Å². The quantitative estimate of drug-likeness (QED) is 0.776.